The van der Waals surface area contributed by atoms with Crippen molar-refractivity contribution in [2.45, 2.75) is 68.4 Å². The summed E-state index contributed by atoms with van der Waals surface area (Å²) in [5.74, 6) is 2.34. The Kier molecular flexibility index (Phi) is 5.47. The van der Waals surface area contributed by atoms with Gasteiger partial charge in [0, 0.05) is 6.42 Å². The van der Waals surface area contributed by atoms with Gasteiger partial charge in [-0.25, -0.2) is 0 Å². The Morgan fingerprint density at radius 1 is 1.22 bits per heavy atom. The molecule has 0 aliphatic heterocycles. The minimum absolute atomic E-state index is 0.0584. The first-order chi connectivity index (χ1) is 12.9. The van der Waals surface area contributed by atoms with Crippen LogP contribution in [-0.2, 0) is 14.3 Å². The predicted molar refractivity (Wildman–Crippen MR) is 106 cm³/mol. The van der Waals surface area contributed by atoms with E-state index in [-0.39, 0.29) is 22.5 Å². The largest absolute Gasteiger partial charge is 0.465 e. The quantitative estimate of drug-likeness (QED) is 0.414. The van der Waals surface area contributed by atoms with Crippen molar-refractivity contribution < 1.29 is 14.3 Å². The van der Waals surface area contributed by atoms with Crippen molar-refractivity contribution >= 4 is 40.1 Å². The van der Waals surface area contributed by atoms with Gasteiger partial charge in [0.15, 0.2) is 4.34 Å². The van der Waals surface area contributed by atoms with Gasteiger partial charge in [0.2, 0.25) is 11.0 Å². The predicted octanol–water partition coefficient (Wildman–Crippen LogP) is 4.13. The number of hydrogen-bond acceptors (Lipinski definition) is 7. The number of nitrogens with one attached hydrogen (secondary N) is 1. The number of esters is 1. The summed E-state index contributed by atoms with van der Waals surface area (Å²) >= 11 is 2.63. The summed E-state index contributed by atoms with van der Waals surface area (Å²) in [6.07, 6.45) is 8.43. The molecular formula is C19H27N3O3S2. The highest BCUT2D eigenvalue weighted by atomic mass is 32.2. The van der Waals surface area contributed by atoms with E-state index in [2.05, 4.69) is 15.5 Å². The first kappa shape index (κ1) is 19.2. The molecule has 5 rings (SSSR count). The highest BCUT2D eigenvalue weighted by molar-refractivity contribution is 8.02. The lowest BCUT2D eigenvalue weighted by molar-refractivity contribution is -0.142. The third-order valence-electron chi connectivity index (χ3n) is 6.25. The number of rotatable bonds is 7. The average Bonchev–Trinajstić information content (AvgIpc) is 2.99. The number of amides is 1. The second-order valence-electron chi connectivity index (χ2n) is 8.53. The molecule has 1 heterocycles. The number of ether oxygens (including phenoxy) is 1. The third-order valence-corrected chi connectivity index (χ3v) is 8.25. The van der Waals surface area contributed by atoms with E-state index < -0.39 is 0 Å². The number of hydrogen-bond donors (Lipinski definition) is 1. The minimum atomic E-state index is -0.339. The summed E-state index contributed by atoms with van der Waals surface area (Å²) in [7, 11) is 0. The van der Waals surface area contributed by atoms with Crippen LogP contribution in [0, 0.1) is 23.2 Å². The molecule has 4 aliphatic rings. The fourth-order valence-corrected chi connectivity index (χ4v) is 7.69. The normalized spacial score (nSPS) is 32.3. The van der Waals surface area contributed by atoms with Crippen LogP contribution < -0.4 is 5.32 Å². The van der Waals surface area contributed by atoms with Gasteiger partial charge >= 0.3 is 5.97 Å². The smallest absolute Gasteiger partial charge is 0.319 e. The second kappa shape index (κ2) is 7.70. The van der Waals surface area contributed by atoms with Crippen molar-refractivity contribution in [3.05, 3.63) is 0 Å². The monoisotopic (exact) mass is 409 g/mol. The maximum Gasteiger partial charge on any atom is 0.319 e. The molecule has 1 atom stereocenters. The van der Waals surface area contributed by atoms with E-state index in [1.54, 1.807) is 13.8 Å². The molecule has 4 aliphatic carbocycles. The van der Waals surface area contributed by atoms with Gasteiger partial charge in [-0.3, -0.25) is 9.59 Å². The molecule has 0 unspecified atom stereocenters. The molecule has 0 aromatic carbocycles. The van der Waals surface area contributed by atoms with Crippen LogP contribution in [0.15, 0.2) is 4.34 Å². The minimum Gasteiger partial charge on any atom is -0.465 e. The van der Waals surface area contributed by atoms with E-state index in [4.69, 9.17) is 4.74 Å². The third kappa shape index (κ3) is 4.31. The number of nitrogens with zero attached hydrogens (tertiary/aromatic N) is 2. The van der Waals surface area contributed by atoms with Crippen LogP contribution in [0.25, 0.3) is 0 Å². The summed E-state index contributed by atoms with van der Waals surface area (Å²) in [5.41, 5.74) is 0.222. The fraction of sp³-hybridized carbons (Fsp3) is 0.789. The van der Waals surface area contributed by atoms with Crippen molar-refractivity contribution in [2.24, 2.45) is 23.2 Å². The standard InChI is InChI=1S/C19H27N3O3S2/c1-3-25-16(24)11(2)26-18-22-21-17(27-18)20-15(23)10-19-7-12-4-13(8-19)6-14(5-12)9-19/h11-14H,3-10H2,1-2H3,(H,20,21,23)/t11-,12?,13?,14?,19?/m0/s1. The lowest BCUT2D eigenvalue weighted by Crippen LogP contribution is -2.47. The van der Waals surface area contributed by atoms with Crippen LogP contribution in [-0.4, -0.2) is 33.9 Å². The fourth-order valence-electron chi connectivity index (χ4n) is 5.78. The van der Waals surface area contributed by atoms with Gasteiger partial charge in [-0.15, -0.1) is 10.2 Å². The summed E-state index contributed by atoms with van der Waals surface area (Å²) < 4.78 is 5.68. The van der Waals surface area contributed by atoms with E-state index in [1.165, 1.54) is 61.6 Å². The van der Waals surface area contributed by atoms with Gasteiger partial charge in [-0.1, -0.05) is 23.1 Å². The van der Waals surface area contributed by atoms with E-state index in [1.807, 2.05) is 0 Å². The summed E-state index contributed by atoms with van der Waals surface area (Å²) in [4.78, 5) is 24.4. The van der Waals surface area contributed by atoms with Crippen LogP contribution in [0.2, 0.25) is 0 Å². The molecule has 6 nitrogen and oxygen atoms in total. The Labute approximate surface area is 168 Å². The van der Waals surface area contributed by atoms with Crippen molar-refractivity contribution in [3.63, 3.8) is 0 Å². The molecule has 4 fully saturated rings. The highest BCUT2D eigenvalue weighted by Crippen LogP contribution is 2.61. The maximum atomic E-state index is 12.7. The lowest BCUT2D eigenvalue weighted by Gasteiger charge is -2.56. The van der Waals surface area contributed by atoms with Crippen molar-refractivity contribution in [1.29, 1.82) is 0 Å². The molecule has 1 aromatic rings. The van der Waals surface area contributed by atoms with Gasteiger partial charge in [0.25, 0.3) is 0 Å². The molecule has 27 heavy (non-hydrogen) atoms. The first-order valence-electron chi connectivity index (χ1n) is 9.91. The zero-order valence-corrected chi connectivity index (χ0v) is 17.5. The highest BCUT2D eigenvalue weighted by Gasteiger charge is 2.51. The van der Waals surface area contributed by atoms with Gasteiger partial charge in [-0.2, -0.15) is 0 Å². The summed E-state index contributed by atoms with van der Waals surface area (Å²) in [6.45, 7) is 3.94. The molecule has 8 heteroatoms. The number of aromatic nitrogens is 2. The zero-order valence-electron chi connectivity index (χ0n) is 15.9. The van der Waals surface area contributed by atoms with Crippen LogP contribution in [0.4, 0.5) is 5.13 Å². The molecule has 0 spiro atoms. The summed E-state index contributed by atoms with van der Waals surface area (Å²) in [5, 5.41) is 11.3. The first-order valence-corrected chi connectivity index (χ1v) is 11.6. The molecule has 1 N–H and O–H groups in total. The van der Waals surface area contributed by atoms with Gasteiger partial charge in [-0.05, 0) is 75.5 Å². The lowest BCUT2D eigenvalue weighted by atomic mass is 9.49. The van der Waals surface area contributed by atoms with Gasteiger partial charge in [0.05, 0.1) is 6.61 Å². The number of carbonyl (C=O) groups is 2. The Hall–Kier alpha value is -1.15. The number of carbonyl (C=O) groups excluding carboxylic acids is 2. The Morgan fingerprint density at radius 3 is 2.44 bits per heavy atom. The molecule has 0 radical (unpaired) electrons. The van der Waals surface area contributed by atoms with Crippen molar-refractivity contribution in [2.75, 3.05) is 11.9 Å². The van der Waals surface area contributed by atoms with Gasteiger partial charge in [0.1, 0.15) is 5.25 Å². The van der Waals surface area contributed by atoms with Crippen LogP contribution >= 0.6 is 23.1 Å². The Balaban J connectivity index is 1.31. The molecule has 4 bridgehead atoms. The Morgan fingerprint density at radius 2 is 1.85 bits per heavy atom. The number of thioether (sulfide) groups is 1. The van der Waals surface area contributed by atoms with E-state index in [9.17, 15) is 9.59 Å². The summed E-state index contributed by atoms with van der Waals surface area (Å²) in [6, 6.07) is 0. The van der Waals surface area contributed by atoms with Crippen LogP contribution in [0.1, 0.15) is 58.8 Å². The molecule has 4 saturated carbocycles. The average molecular weight is 410 g/mol. The molecular weight excluding hydrogens is 382 g/mol. The van der Waals surface area contributed by atoms with E-state index in [0.29, 0.717) is 22.5 Å². The molecule has 1 aromatic heterocycles. The van der Waals surface area contributed by atoms with Gasteiger partial charge < -0.3 is 10.1 Å². The van der Waals surface area contributed by atoms with Crippen LogP contribution in [0.5, 0.6) is 0 Å². The van der Waals surface area contributed by atoms with Crippen LogP contribution in [0.3, 0.4) is 0 Å². The topological polar surface area (TPSA) is 81.2 Å². The maximum absolute atomic E-state index is 12.7. The SMILES string of the molecule is CCOC(=O)[C@H](C)Sc1nnc(NC(=O)CC23CC4CC(CC(C4)C2)C3)s1. The van der Waals surface area contributed by atoms with Crippen molar-refractivity contribution in [1.82, 2.24) is 10.2 Å². The molecule has 148 valence electrons. The molecule has 1 amide bonds. The van der Waals surface area contributed by atoms with Crippen molar-refractivity contribution in [3.8, 4) is 0 Å². The zero-order chi connectivity index (χ0) is 19.0. The van der Waals surface area contributed by atoms with E-state index in [0.717, 1.165) is 17.8 Å². The Bertz CT molecular complexity index is 686. The molecule has 0 saturated heterocycles. The second-order valence-corrected chi connectivity index (χ2v) is 11.1. The van der Waals surface area contributed by atoms with E-state index >= 15 is 0 Å². The number of anilines is 1.